The van der Waals surface area contributed by atoms with Crippen LogP contribution in [-0.4, -0.2) is 49.3 Å². The average molecular weight is 296 g/mol. The van der Waals surface area contributed by atoms with Gasteiger partial charge < -0.3 is 10.1 Å². The van der Waals surface area contributed by atoms with Crippen LogP contribution in [0.25, 0.3) is 0 Å². The Hall–Kier alpha value is -0.120. The third-order valence-corrected chi connectivity index (χ3v) is 5.82. The van der Waals surface area contributed by atoms with Crippen LogP contribution in [0.1, 0.15) is 65.7 Å². The summed E-state index contributed by atoms with van der Waals surface area (Å²) in [6.45, 7) is 12.8. The average Bonchev–Trinajstić information content (AvgIpc) is 2.56. The van der Waals surface area contributed by atoms with Crippen molar-refractivity contribution in [1.29, 1.82) is 0 Å². The number of hydrogen-bond acceptors (Lipinski definition) is 3. The van der Waals surface area contributed by atoms with Crippen molar-refractivity contribution in [3.63, 3.8) is 0 Å². The van der Waals surface area contributed by atoms with E-state index in [2.05, 4.69) is 31.0 Å². The molecule has 2 aliphatic rings. The Labute approximate surface area is 131 Å². The van der Waals surface area contributed by atoms with E-state index in [0.717, 1.165) is 25.7 Å². The second-order valence-corrected chi connectivity index (χ2v) is 7.14. The maximum absolute atomic E-state index is 5.60. The number of rotatable bonds is 7. The van der Waals surface area contributed by atoms with E-state index in [9.17, 15) is 0 Å². The molecular weight excluding hydrogens is 260 g/mol. The van der Waals surface area contributed by atoms with Crippen LogP contribution in [0.3, 0.4) is 0 Å². The maximum Gasteiger partial charge on any atom is 0.0469 e. The van der Waals surface area contributed by atoms with Gasteiger partial charge in [0, 0.05) is 24.8 Å². The van der Waals surface area contributed by atoms with Crippen LogP contribution in [0.4, 0.5) is 0 Å². The van der Waals surface area contributed by atoms with Gasteiger partial charge in [-0.05, 0) is 71.0 Å². The lowest BCUT2D eigenvalue weighted by atomic mass is 9.76. The molecule has 2 fully saturated rings. The molecule has 124 valence electrons. The lowest BCUT2D eigenvalue weighted by molar-refractivity contribution is -0.0115. The smallest absolute Gasteiger partial charge is 0.0469 e. The first-order valence-corrected chi connectivity index (χ1v) is 9.28. The van der Waals surface area contributed by atoms with E-state index in [1.807, 2.05) is 0 Å². The van der Waals surface area contributed by atoms with Crippen LogP contribution in [-0.2, 0) is 4.74 Å². The van der Waals surface area contributed by atoms with Crippen molar-refractivity contribution in [3.05, 3.63) is 0 Å². The summed E-state index contributed by atoms with van der Waals surface area (Å²) in [5.74, 6) is 0.775. The molecule has 21 heavy (non-hydrogen) atoms. The van der Waals surface area contributed by atoms with Crippen molar-refractivity contribution in [2.24, 2.45) is 5.92 Å². The first-order valence-electron chi connectivity index (χ1n) is 9.28. The van der Waals surface area contributed by atoms with Gasteiger partial charge in [0.25, 0.3) is 0 Å². The Morgan fingerprint density at radius 3 is 2.38 bits per heavy atom. The molecule has 2 saturated heterocycles. The van der Waals surface area contributed by atoms with Crippen molar-refractivity contribution >= 4 is 0 Å². The molecule has 0 aromatic heterocycles. The van der Waals surface area contributed by atoms with Gasteiger partial charge in [0.05, 0.1) is 0 Å². The summed E-state index contributed by atoms with van der Waals surface area (Å²) >= 11 is 0. The van der Waals surface area contributed by atoms with Gasteiger partial charge in [-0.15, -0.1) is 0 Å². The summed E-state index contributed by atoms with van der Waals surface area (Å²) < 4.78 is 5.60. The lowest BCUT2D eigenvalue weighted by Gasteiger charge is -2.51. The Kier molecular flexibility index (Phi) is 6.97. The molecule has 0 radical (unpaired) electrons. The third kappa shape index (κ3) is 4.20. The fourth-order valence-electron chi connectivity index (χ4n) is 4.29. The SMILES string of the molecule is CCCNC(C1CCOCC1)C(C)(CC)N1CCCCC1. The molecule has 3 heteroatoms. The molecule has 2 unspecified atom stereocenters. The Morgan fingerprint density at radius 2 is 1.81 bits per heavy atom. The van der Waals surface area contributed by atoms with Crippen molar-refractivity contribution < 1.29 is 4.74 Å². The molecule has 0 aromatic rings. The summed E-state index contributed by atoms with van der Waals surface area (Å²) in [7, 11) is 0. The molecule has 0 bridgehead atoms. The molecule has 2 rings (SSSR count). The zero-order chi connectivity index (χ0) is 15.1. The van der Waals surface area contributed by atoms with E-state index in [-0.39, 0.29) is 0 Å². The highest BCUT2D eigenvalue weighted by Crippen LogP contribution is 2.34. The molecule has 1 N–H and O–H groups in total. The molecule has 0 saturated carbocycles. The topological polar surface area (TPSA) is 24.5 Å². The number of ether oxygens (including phenoxy) is 1. The molecular formula is C18H36N2O. The van der Waals surface area contributed by atoms with Gasteiger partial charge >= 0.3 is 0 Å². The number of hydrogen-bond donors (Lipinski definition) is 1. The largest absolute Gasteiger partial charge is 0.381 e. The predicted molar refractivity (Wildman–Crippen MR) is 89.7 cm³/mol. The first kappa shape index (κ1) is 17.2. The molecule has 2 heterocycles. The molecule has 2 aliphatic heterocycles. The minimum Gasteiger partial charge on any atom is -0.381 e. The number of nitrogens with one attached hydrogen (secondary N) is 1. The minimum atomic E-state index is 0.303. The van der Waals surface area contributed by atoms with Gasteiger partial charge in [0.1, 0.15) is 0 Å². The van der Waals surface area contributed by atoms with Gasteiger partial charge in [-0.25, -0.2) is 0 Å². The van der Waals surface area contributed by atoms with E-state index in [1.165, 1.54) is 58.0 Å². The maximum atomic E-state index is 5.60. The zero-order valence-corrected chi connectivity index (χ0v) is 14.5. The zero-order valence-electron chi connectivity index (χ0n) is 14.5. The van der Waals surface area contributed by atoms with Crippen LogP contribution in [0.2, 0.25) is 0 Å². The monoisotopic (exact) mass is 296 g/mol. The van der Waals surface area contributed by atoms with Crippen molar-refractivity contribution in [2.45, 2.75) is 77.3 Å². The molecule has 0 amide bonds. The number of nitrogens with zero attached hydrogens (tertiary/aromatic N) is 1. The first-order chi connectivity index (χ1) is 10.2. The van der Waals surface area contributed by atoms with Crippen LogP contribution in [0.15, 0.2) is 0 Å². The summed E-state index contributed by atoms with van der Waals surface area (Å²) in [5, 5.41) is 3.93. The third-order valence-electron chi connectivity index (χ3n) is 5.82. The van der Waals surface area contributed by atoms with Crippen LogP contribution < -0.4 is 5.32 Å². The highest BCUT2D eigenvalue weighted by Gasteiger charge is 2.42. The Balaban J connectivity index is 2.13. The lowest BCUT2D eigenvalue weighted by Crippen LogP contribution is -2.63. The Morgan fingerprint density at radius 1 is 1.14 bits per heavy atom. The predicted octanol–water partition coefficient (Wildman–Crippen LogP) is 3.44. The molecule has 0 spiro atoms. The fraction of sp³-hybridized carbons (Fsp3) is 1.00. The van der Waals surface area contributed by atoms with E-state index in [0.29, 0.717) is 11.6 Å². The molecule has 2 atom stereocenters. The summed E-state index contributed by atoms with van der Waals surface area (Å²) in [5.41, 5.74) is 0.303. The Bertz CT molecular complexity index is 285. The highest BCUT2D eigenvalue weighted by molar-refractivity contribution is 5.00. The van der Waals surface area contributed by atoms with Crippen molar-refractivity contribution in [1.82, 2.24) is 10.2 Å². The second kappa shape index (κ2) is 8.50. The summed E-state index contributed by atoms with van der Waals surface area (Å²) in [6, 6.07) is 0.615. The fourth-order valence-corrected chi connectivity index (χ4v) is 4.29. The minimum absolute atomic E-state index is 0.303. The summed E-state index contributed by atoms with van der Waals surface area (Å²) in [4.78, 5) is 2.79. The van der Waals surface area contributed by atoms with Crippen molar-refractivity contribution in [3.8, 4) is 0 Å². The van der Waals surface area contributed by atoms with Gasteiger partial charge in [-0.3, -0.25) is 4.90 Å². The van der Waals surface area contributed by atoms with Crippen LogP contribution in [0, 0.1) is 5.92 Å². The van der Waals surface area contributed by atoms with Gasteiger partial charge in [-0.1, -0.05) is 20.3 Å². The van der Waals surface area contributed by atoms with E-state index >= 15 is 0 Å². The van der Waals surface area contributed by atoms with E-state index in [4.69, 9.17) is 4.74 Å². The van der Waals surface area contributed by atoms with Crippen LogP contribution >= 0.6 is 0 Å². The molecule has 3 nitrogen and oxygen atoms in total. The number of piperidine rings is 1. The second-order valence-electron chi connectivity index (χ2n) is 7.14. The van der Waals surface area contributed by atoms with Crippen molar-refractivity contribution in [2.75, 3.05) is 32.8 Å². The normalized spacial score (nSPS) is 26.4. The quantitative estimate of drug-likeness (QED) is 0.779. The highest BCUT2D eigenvalue weighted by atomic mass is 16.5. The van der Waals surface area contributed by atoms with E-state index < -0.39 is 0 Å². The van der Waals surface area contributed by atoms with Gasteiger partial charge in [0.2, 0.25) is 0 Å². The van der Waals surface area contributed by atoms with Gasteiger partial charge in [-0.2, -0.15) is 0 Å². The van der Waals surface area contributed by atoms with Crippen LogP contribution in [0.5, 0.6) is 0 Å². The standard InChI is InChI=1S/C18H36N2O/c1-4-11-19-17(16-9-14-21-15-10-16)18(3,5-2)20-12-7-6-8-13-20/h16-17,19H,4-15H2,1-3H3. The van der Waals surface area contributed by atoms with E-state index in [1.54, 1.807) is 0 Å². The summed E-state index contributed by atoms with van der Waals surface area (Å²) in [6.07, 6.45) is 9.09. The number of likely N-dealkylation sites (tertiary alicyclic amines) is 1. The molecule has 0 aliphatic carbocycles. The van der Waals surface area contributed by atoms with Gasteiger partial charge in [0.15, 0.2) is 0 Å². The molecule has 0 aromatic carbocycles.